The van der Waals surface area contributed by atoms with Crippen LogP contribution in [0.25, 0.3) is 0 Å². The average molecular weight is 204 g/mol. The van der Waals surface area contributed by atoms with Gasteiger partial charge < -0.3 is 9.84 Å². The number of ether oxygens (including phenoxy) is 1. The zero-order chi connectivity index (χ0) is 9.52. The lowest BCUT2D eigenvalue weighted by molar-refractivity contribution is 0.0793. The lowest BCUT2D eigenvalue weighted by Crippen LogP contribution is -2.19. The van der Waals surface area contributed by atoms with Crippen molar-refractivity contribution >= 4 is 11.8 Å². The van der Waals surface area contributed by atoms with Crippen molar-refractivity contribution in [1.82, 2.24) is 0 Å². The molecule has 0 spiro atoms. The van der Waals surface area contributed by atoms with E-state index >= 15 is 0 Å². The van der Waals surface area contributed by atoms with Crippen LogP contribution in [0.15, 0.2) is 0 Å². The summed E-state index contributed by atoms with van der Waals surface area (Å²) < 4.78 is 4.88. The quantitative estimate of drug-likeness (QED) is 0.743. The van der Waals surface area contributed by atoms with Gasteiger partial charge in [0.05, 0.1) is 12.7 Å². The fourth-order valence-electron chi connectivity index (χ4n) is 1.72. The molecule has 2 nitrogen and oxygen atoms in total. The van der Waals surface area contributed by atoms with Gasteiger partial charge in [-0.1, -0.05) is 19.3 Å². The fraction of sp³-hybridized carbons (Fsp3) is 1.00. The summed E-state index contributed by atoms with van der Waals surface area (Å²) in [4.78, 5) is 0. The Kier molecular flexibility index (Phi) is 5.83. The van der Waals surface area contributed by atoms with Gasteiger partial charge in [-0.05, 0) is 12.8 Å². The van der Waals surface area contributed by atoms with E-state index < -0.39 is 0 Å². The Hall–Kier alpha value is 0.270. The molecule has 0 aromatic rings. The summed E-state index contributed by atoms with van der Waals surface area (Å²) in [6.07, 6.45) is 6.54. The van der Waals surface area contributed by atoms with E-state index in [0.29, 0.717) is 6.61 Å². The molecule has 1 fully saturated rings. The third-order valence-corrected chi connectivity index (χ3v) is 3.96. The number of hydrogen-bond donors (Lipinski definition) is 1. The van der Waals surface area contributed by atoms with Crippen molar-refractivity contribution in [3.05, 3.63) is 0 Å². The topological polar surface area (TPSA) is 29.5 Å². The van der Waals surface area contributed by atoms with Crippen LogP contribution in [0.2, 0.25) is 0 Å². The van der Waals surface area contributed by atoms with Gasteiger partial charge in [0.1, 0.15) is 0 Å². The average Bonchev–Trinajstić information content (AvgIpc) is 2.17. The van der Waals surface area contributed by atoms with E-state index in [4.69, 9.17) is 4.74 Å². The highest BCUT2D eigenvalue weighted by atomic mass is 32.2. The maximum Gasteiger partial charge on any atom is 0.0863 e. The minimum absolute atomic E-state index is 0.281. The predicted molar refractivity (Wildman–Crippen MR) is 57.2 cm³/mol. The molecule has 3 heteroatoms. The molecule has 1 atom stereocenters. The normalized spacial score (nSPS) is 21.7. The molecule has 0 aromatic heterocycles. The number of rotatable bonds is 5. The first-order chi connectivity index (χ1) is 6.33. The standard InChI is InChI=1S/C10H20O2S/c1-12-7-9(11)8-13-10-5-3-2-4-6-10/h9-11H,2-8H2,1H3. The molecular weight excluding hydrogens is 184 g/mol. The molecule has 0 amide bonds. The first kappa shape index (κ1) is 11.3. The summed E-state index contributed by atoms with van der Waals surface area (Å²) in [5.41, 5.74) is 0. The van der Waals surface area contributed by atoms with Crippen molar-refractivity contribution in [2.75, 3.05) is 19.5 Å². The first-order valence-electron chi connectivity index (χ1n) is 5.11. The van der Waals surface area contributed by atoms with E-state index in [-0.39, 0.29) is 6.10 Å². The minimum Gasteiger partial charge on any atom is -0.390 e. The van der Waals surface area contributed by atoms with Crippen LogP contribution in [-0.4, -0.2) is 35.9 Å². The smallest absolute Gasteiger partial charge is 0.0863 e. The molecule has 1 rings (SSSR count). The van der Waals surface area contributed by atoms with Crippen molar-refractivity contribution in [1.29, 1.82) is 0 Å². The minimum atomic E-state index is -0.281. The maximum absolute atomic E-state index is 9.43. The lowest BCUT2D eigenvalue weighted by Gasteiger charge is -2.22. The van der Waals surface area contributed by atoms with Crippen LogP contribution < -0.4 is 0 Å². The predicted octanol–water partition coefficient (Wildman–Crippen LogP) is 2.06. The molecule has 13 heavy (non-hydrogen) atoms. The Morgan fingerprint density at radius 1 is 1.38 bits per heavy atom. The number of aliphatic hydroxyl groups excluding tert-OH is 1. The van der Waals surface area contributed by atoms with Crippen molar-refractivity contribution in [2.24, 2.45) is 0 Å². The molecule has 0 aromatic carbocycles. The van der Waals surface area contributed by atoms with Crippen LogP contribution in [-0.2, 0) is 4.74 Å². The van der Waals surface area contributed by atoms with E-state index in [2.05, 4.69) is 0 Å². The van der Waals surface area contributed by atoms with Gasteiger partial charge in [0.15, 0.2) is 0 Å². The molecule has 0 saturated heterocycles. The van der Waals surface area contributed by atoms with Crippen LogP contribution >= 0.6 is 11.8 Å². The van der Waals surface area contributed by atoms with Crippen LogP contribution in [0.3, 0.4) is 0 Å². The highest BCUT2D eigenvalue weighted by Gasteiger charge is 2.15. The van der Waals surface area contributed by atoms with Crippen molar-refractivity contribution in [3.8, 4) is 0 Å². The van der Waals surface area contributed by atoms with Crippen LogP contribution in [0.4, 0.5) is 0 Å². The Labute approximate surface area is 85.0 Å². The summed E-state index contributed by atoms with van der Waals surface area (Å²) >= 11 is 1.92. The Morgan fingerprint density at radius 3 is 2.69 bits per heavy atom. The second-order valence-corrected chi connectivity index (χ2v) is 5.04. The van der Waals surface area contributed by atoms with Gasteiger partial charge in [-0.25, -0.2) is 0 Å². The largest absolute Gasteiger partial charge is 0.390 e. The summed E-state index contributed by atoms with van der Waals surface area (Å²) in [5, 5.41) is 10.2. The monoisotopic (exact) mass is 204 g/mol. The van der Waals surface area contributed by atoms with Crippen molar-refractivity contribution in [3.63, 3.8) is 0 Å². The van der Waals surface area contributed by atoms with Gasteiger partial charge in [0, 0.05) is 18.1 Å². The third kappa shape index (κ3) is 4.89. The molecule has 1 aliphatic rings. The second kappa shape index (κ2) is 6.68. The van der Waals surface area contributed by atoms with E-state index in [9.17, 15) is 5.11 Å². The number of methoxy groups -OCH3 is 1. The van der Waals surface area contributed by atoms with Gasteiger partial charge in [0.25, 0.3) is 0 Å². The number of hydrogen-bond acceptors (Lipinski definition) is 3. The molecule has 0 bridgehead atoms. The molecule has 0 aliphatic heterocycles. The summed E-state index contributed by atoms with van der Waals surface area (Å²) in [5.74, 6) is 0.832. The van der Waals surface area contributed by atoms with E-state index in [0.717, 1.165) is 11.0 Å². The molecular formula is C10H20O2S. The maximum atomic E-state index is 9.43. The lowest BCUT2D eigenvalue weighted by atomic mass is 10.0. The first-order valence-corrected chi connectivity index (χ1v) is 6.16. The fourth-order valence-corrected chi connectivity index (χ4v) is 2.98. The van der Waals surface area contributed by atoms with Crippen LogP contribution in [0.5, 0.6) is 0 Å². The second-order valence-electron chi connectivity index (χ2n) is 3.70. The molecule has 1 aliphatic carbocycles. The number of thioether (sulfide) groups is 1. The van der Waals surface area contributed by atoms with E-state index in [1.54, 1.807) is 7.11 Å². The summed E-state index contributed by atoms with van der Waals surface area (Å²) in [7, 11) is 1.63. The van der Waals surface area contributed by atoms with Gasteiger partial charge in [-0.2, -0.15) is 11.8 Å². The molecule has 1 saturated carbocycles. The van der Waals surface area contributed by atoms with Gasteiger partial charge in [-0.15, -0.1) is 0 Å². The van der Waals surface area contributed by atoms with E-state index in [1.165, 1.54) is 32.1 Å². The Morgan fingerprint density at radius 2 is 2.08 bits per heavy atom. The highest BCUT2D eigenvalue weighted by molar-refractivity contribution is 7.99. The molecule has 1 unspecified atom stereocenters. The van der Waals surface area contributed by atoms with E-state index in [1.807, 2.05) is 11.8 Å². The highest BCUT2D eigenvalue weighted by Crippen LogP contribution is 2.28. The third-order valence-electron chi connectivity index (χ3n) is 2.44. The molecule has 0 radical (unpaired) electrons. The molecule has 0 heterocycles. The van der Waals surface area contributed by atoms with Gasteiger partial charge in [0.2, 0.25) is 0 Å². The van der Waals surface area contributed by atoms with Gasteiger partial charge >= 0.3 is 0 Å². The number of aliphatic hydroxyl groups is 1. The molecule has 1 N–H and O–H groups in total. The molecule has 78 valence electrons. The summed E-state index contributed by atoms with van der Waals surface area (Å²) in [6, 6.07) is 0. The summed E-state index contributed by atoms with van der Waals surface area (Å²) in [6.45, 7) is 0.472. The zero-order valence-electron chi connectivity index (χ0n) is 8.37. The Balaban J connectivity index is 2.03. The SMILES string of the molecule is COCC(O)CSC1CCCCC1. The van der Waals surface area contributed by atoms with Crippen LogP contribution in [0.1, 0.15) is 32.1 Å². The zero-order valence-corrected chi connectivity index (χ0v) is 9.18. The Bertz CT molecular complexity index is 124. The van der Waals surface area contributed by atoms with Gasteiger partial charge in [-0.3, -0.25) is 0 Å². The van der Waals surface area contributed by atoms with Crippen LogP contribution in [0, 0.1) is 0 Å². The van der Waals surface area contributed by atoms with Crippen molar-refractivity contribution in [2.45, 2.75) is 43.5 Å². The van der Waals surface area contributed by atoms with Crippen molar-refractivity contribution < 1.29 is 9.84 Å².